The summed E-state index contributed by atoms with van der Waals surface area (Å²) in [5, 5.41) is 2.60. The number of fused-ring (bicyclic) bond motifs is 4. The molecule has 3 aliphatic rings. The third-order valence-corrected chi connectivity index (χ3v) is 7.50. The molecule has 2 atom stereocenters. The zero-order valence-electron chi connectivity index (χ0n) is 19.7. The highest BCUT2D eigenvalue weighted by molar-refractivity contribution is 5.82. The van der Waals surface area contributed by atoms with Crippen LogP contribution in [-0.2, 0) is 9.53 Å². The second-order valence-electron chi connectivity index (χ2n) is 9.85. The zero-order valence-corrected chi connectivity index (χ0v) is 19.7. The predicted molar refractivity (Wildman–Crippen MR) is 126 cm³/mol. The van der Waals surface area contributed by atoms with Crippen LogP contribution in [0.1, 0.15) is 56.7 Å². The maximum atomic E-state index is 14.4. The van der Waals surface area contributed by atoms with E-state index in [4.69, 9.17) is 4.74 Å². The second-order valence-corrected chi connectivity index (χ2v) is 9.85. The van der Waals surface area contributed by atoms with Gasteiger partial charge in [0.15, 0.2) is 0 Å². The first-order valence-electron chi connectivity index (χ1n) is 12.0. The molecule has 0 spiro atoms. The van der Waals surface area contributed by atoms with Crippen molar-refractivity contribution in [3.8, 4) is 0 Å². The number of amides is 1. The van der Waals surface area contributed by atoms with Crippen LogP contribution in [0.4, 0.5) is 13.2 Å². The molecular weight excluding hydrogens is 475 g/mol. The number of ether oxygens (including phenoxy) is 1. The Kier molecular flexibility index (Phi) is 6.23. The van der Waals surface area contributed by atoms with Crippen molar-refractivity contribution in [1.29, 1.82) is 0 Å². The minimum Gasteiger partial charge on any atom is -0.375 e. The van der Waals surface area contributed by atoms with Crippen LogP contribution >= 0.6 is 0 Å². The fourth-order valence-corrected chi connectivity index (χ4v) is 5.45. The maximum Gasteiger partial charge on any atom is 0.329 e. The number of rotatable bonds is 6. The van der Waals surface area contributed by atoms with Gasteiger partial charge >= 0.3 is 5.69 Å². The number of aromatic nitrogens is 2. The molecule has 2 aromatic carbocycles. The van der Waals surface area contributed by atoms with E-state index in [2.05, 4.69) is 10.3 Å². The number of carbonyl (C=O) groups excluding carboxylic acids is 1. The van der Waals surface area contributed by atoms with Gasteiger partial charge in [0.1, 0.15) is 23.5 Å². The van der Waals surface area contributed by atoms with E-state index in [1.165, 1.54) is 19.1 Å². The van der Waals surface area contributed by atoms with Gasteiger partial charge in [0, 0.05) is 18.1 Å². The molecule has 3 aromatic rings. The number of benzene rings is 2. The van der Waals surface area contributed by atoms with Crippen LogP contribution in [0.15, 0.2) is 46.0 Å². The summed E-state index contributed by atoms with van der Waals surface area (Å²) in [6.07, 6.45) is 3.24. The van der Waals surface area contributed by atoms with Crippen molar-refractivity contribution < 1.29 is 22.7 Å². The fraction of sp³-hybridized carbons (Fsp3) is 0.423. The molecule has 2 aliphatic heterocycles. The van der Waals surface area contributed by atoms with Crippen molar-refractivity contribution in [2.45, 2.75) is 56.7 Å². The smallest absolute Gasteiger partial charge is 0.329 e. The summed E-state index contributed by atoms with van der Waals surface area (Å²) in [7, 11) is 0. The Morgan fingerprint density at radius 3 is 2.50 bits per heavy atom. The average Bonchev–Trinajstić information content (AvgIpc) is 2.85. The van der Waals surface area contributed by atoms with Crippen molar-refractivity contribution in [2.24, 2.45) is 5.92 Å². The third kappa shape index (κ3) is 4.45. The molecule has 1 aliphatic carbocycles. The Morgan fingerprint density at radius 2 is 1.83 bits per heavy atom. The quantitative estimate of drug-likeness (QED) is 0.536. The molecule has 2 N–H and O–H groups in total. The molecule has 7 nitrogen and oxygen atoms in total. The summed E-state index contributed by atoms with van der Waals surface area (Å²) in [4.78, 5) is 42.6. The Balaban J connectivity index is 1.55. The highest BCUT2D eigenvalue weighted by atomic mass is 19.1. The van der Waals surface area contributed by atoms with E-state index in [-0.39, 0.29) is 22.9 Å². The van der Waals surface area contributed by atoms with Gasteiger partial charge in [-0.05, 0) is 62.8 Å². The number of nitrogens with zero attached hydrogens (tertiary/aromatic N) is 1. The van der Waals surface area contributed by atoms with Crippen molar-refractivity contribution in [2.75, 3.05) is 6.61 Å². The molecule has 190 valence electrons. The third-order valence-electron chi connectivity index (χ3n) is 7.50. The first-order chi connectivity index (χ1) is 17.2. The topological polar surface area (TPSA) is 93.2 Å². The highest BCUT2D eigenvalue weighted by Crippen LogP contribution is 2.45. The van der Waals surface area contributed by atoms with Crippen LogP contribution in [0, 0.1) is 23.4 Å². The molecule has 2 saturated heterocycles. The van der Waals surface area contributed by atoms with Crippen LogP contribution in [0.2, 0.25) is 0 Å². The maximum absolute atomic E-state index is 14.4. The van der Waals surface area contributed by atoms with Gasteiger partial charge in [0.05, 0.1) is 29.2 Å². The van der Waals surface area contributed by atoms with E-state index in [1.807, 2.05) is 0 Å². The van der Waals surface area contributed by atoms with Crippen molar-refractivity contribution in [1.82, 2.24) is 14.9 Å². The molecule has 0 unspecified atom stereocenters. The molecule has 3 heterocycles. The molecule has 36 heavy (non-hydrogen) atoms. The lowest BCUT2D eigenvalue weighted by Crippen LogP contribution is -2.52. The SMILES string of the molecule is C[C@@H](NC(=O)[C@H](CC12CCC(CC1)CO2)n1c(=O)[nH]c2ccc(F)cc2c1=O)c1ccc(F)cc1F. The first kappa shape index (κ1) is 24.3. The summed E-state index contributed by atoms with van der Waals surface area (Å²) in [6.45, 7) is 2.06. The fourth-order valence-electron chi connectivity index (χ4n) is 5.45. The molecule has 1 aromatic heterocycles. The van der Waals surface area contributed by atoms with Crippen molar-refractivity contribution in [3.05, 3.63) is 80.3 Å². The molecule has 10 heteroatoms. The molecule has 2 bridgehead atoms. The van der Waals surface area contributed by atoms with E-state index >= 15 is 0 Å². The van der Waals surface area contributed by atoms with Gasteiger partial charge in [-0.1, -0.05) is 6.07 Å². The molecule has 3 fully saturated rings. The number of nitrogens with one attached hydrogen (secondary N) is 2. The monoisotopic (exact) mass is 501 g/mol. The number of halogens is 3. The predicted octanol–water partition coefficient (Wildman–Crippen LogP) is 3.87. The zero-order chi connectivity index (χ0) is 25.6. The Hall–Kier alpha value is -3.40. The van der Waals surface area contributed by atoms with E-state index in [0.717, 1.165) is 41.7 Å². The van der Waals surface area contributed by atoms with E-state index in [0.29, 0.717) is 25.4 Å². The number of aromatic amines is 1. The summed E-state index contributed by atoms with van der Waals surface area (Å²) in [5.41, 5.74) is -2.12. The lowest BCUT2D eigenvalue weighted by atomic mass is 9.73. The summed E-state index contributed by atoms with van der Waals surface area (Å²) >= 11 is 0. The van der Waals surface area contributed by atoms with E-state index in [9.17, 15) is 27.6 Å². The van der Waals surface area contributed by atoms with Crippen LogP contribution in [0.3, 0.4) is 0 Å². The molecule has 1 saturated carbocycles. The van der Waals surface area contributed by atoms with Crippen LogP contribution in [-0.4, -0.2) is 27.7 Å². The Labute approximate surface area is 204 Å². The van der Waals surface area contributed by atoms with Gasteiger partial charge in [-0.15, -0.1) is 0 Å². The van der Waals surface area contributed by atoms with Crippen molar-refractivity contribution in [3.63, 3.8) is 0 Å². The number of H-pyrrole nitrogens is 1. The van der Waals surface area contributed by atoms with Crippen LogP contribution in [0.5, 0.6) is 0 Å². The van der Waals surface area contributed by atoms with Gasteiger partial charge in [-0.25, -0.2) is 22.5 Å². The van der Waals surface area contributed by atoms with Gasteiger partial charge in [-0.2, -0.15) is 0 Å². The van der Waals surface area contributed by atoms with Gasteiger partial charge in [0.25, 0.3) is 5.56 Å². The Bertz CT molecular complexity index is 1430. The summed E-state index contributed by atoms with van der Waals surface area (Å²) in [6, 6.07) is 4.27. The summed E-state index contributed by atoms with van der Waals surface area (Å²) in [5.74, 6) is -2.48. The van der Waals surface area contributed by atoms with Crippen molar-refractivity contribution >= 4 is 16.8 Å². The number of hydrogen-bond donors (Lipinski definition) is 2. The minimum absolute atomic E-state index is 0.0496. The molecule has 6 rings (SSSR count). The largest absolute Gasteiger partial charge is 0.375 e. The van der Waals surface area contributed by atoms with Gasteiger partial charge < -0.3 is 15.0 Å². The Morgan fingerprint density at radius 1 is 1.14 bits per heavy atom. The highest BCUT2D eigenvalue weighted by Gasteiger charge is 2.45. The normalized spacial score (nSPS) is 22.9. The molecule has 0 radical (unpaired) electrons. The first-order valence-corrected chi connectivity index (χ1v) is 12.0. The van der Waals surface area contributed by atoms with E-state index in [1.54, 1.807) is 0 Å². The van der Waals surface area contributed by atoms with E-state index < -0.39 is 52.3 Å². The summed E-state index contributed by atoms with van der Waals surface area (Å²) < 4.78 is 48.5. The second kappa shape index (κ2) is 9.24. The number of carbonyl (C=O) groups is 1. The minimum atomic E-state index is -1.30. The van der Waals surface area contributed by atoms with Gasteiger partial charge in [-0.3, -0.25) is 9.59 Å². The molecule has 1 amide bonds. The molecular formula is C26H26F3N3O4. The standard InChI is InChI=1S/C26H26F3N3O4/c1-14(18-4-2-17(28)11-20(18)29)30-23(33)22(12-26-8-6-15(7-9-26)13-36-26)32-24(34)19-10-16(27)3-5-21(19)31-25(32)35/h2-5,10-11,14-15,22H,6-9,12-13H2,1H3,(H,30,33)(H,31,35)/t14-,15?,22+,26?/m1/s1. The lowest BCUT2D eigenvalue weighted by Gasteiger charge is -2.47. The lowest BCUT2D eigenvalue weighted by molar-refractivity contribution is -0.158. The van der Waals surface area contributed by atoms with Crippen LogP contribution in [0.25, 0.3) is 10.9 Å². The average molecular weight is 502 g/mol. The van der Waals surface area contributed by atoms with Gasteiger partial charge in [0.2, 0.25) is 5.91 Å². The van der Waals surface area contributed by atoms with Crippen LogP contribution < -0.4 is 16.6 Å². The number of hydrogen-bond acceptors (Lipinski definition) is 4.